The second kappa shape index (κ2) is 8.34. The molecule has 3 N–H and O–H groups in total. The summed E-state index contributed by atoms with van der Waals surface area (Å²) in [6.45, 7) is 5.57. The number of nitrogens with one attached hydrogen (secondary N) is 2. The molecule has 0 saturated carbocycles. The second-order valence-corrected chi connectivity index (χ2v) is 4.34. The lowest BCUT2D eigenvalue weighted by molar-refractivity contribution is -0.140. The Bertz CT molecular complexity index is 333. The third kappa shape index (κ3) is 5.58. The monoisotopic (exact) mass is 273 g/mol. The minimum atomic E-state index is -1.07. The lowest BCUT2D eigenvalue weighted by Crippen LogP contribution is -2.52. The number of carbonyl (C=O) groups excluding carboxylic acids is 2. The first-order valence-corrected chi connectivity index (χ1v) is 6.36. The van der Waals surface area contributed by atoms with E-state index in [9.17, 15) is 14.4 Å². The lowest BCUT2D eigenvalue weighted by atomic mass is 9.99. The normalized spacial score (nSPS) is 13.3. The fourth-order valence-electron chi connectivity index (χ4n) is 1.49. The number of aliphatic carboxylic acids is 1. The summed E-state index contributed by atoms with van der Waals surface area (Å²) in [4.78, 5) is 35.6. The molecule has 0 heterocycles. The van der Waals surface area contributed by atoms with Crippen molar-refractivity contribution < 1.29 is 19.5 Å². The van der Waals surface area contributed by atoms with Crippen LogP contribution in [0, 0.1) is 5.92 Å². The van der Waals surface area contributed by atoms with Crippen molar-refractivity contribution in [2.45, 2.75) is 33.2 Å². The number of urea groups is 1. The first-order chi connectivity index (χ1) is 8.87. The van der Waals surface area contributed by atoms with Crippen LogP contribution in [0.15, 0.2) is 0 Å². The van der Waals surface area contributed by atoms with Crippen molar-refractivity contribution in [3.8, 4) is 0 Å². The Balaban J connectivity index is 4.68. The van der Waals surface area contributed by atoms with Gasteiger partial charge in [-0.2, -0.15) is 0 Å². The van der Waals surface area contributed by atoms with Gasteiger partial charge in [0, 0.05) is 13.6 Å². The molecule has 0 radical (unpaired) electrons. The van der Waals surface area contributed by atoms with Crippen molar-refractivity contribution >= 4 is 17.9 Å². The third-order valence-electron chi connectivity index (χ3n) is 3.04. The van der Waals surface area contributed by atoms with Crippen LogP contribution >= 0.6 is 0 Å². The molecular weight excluding hydrogens is 250 g/mol. The third-order valence-corrected chi connectivity index (χ3v) is 3.04. The molecule has 2 atom stereocenters. The molecule has 0 aromatic heterocycles. The number of nitrogens with zero attached hydrogens (tertiary/aromatic N) is 1. The van der Waals surface area contributed by atoms with Gasteiger partial charge in [-0.1, -0.05) is 20.3 Å². The van der Waals surface area contributed by atoms with Gasteiger partial charge in [-0.25, -0.2) is 9.59 Å². The van der Waals surface area contributed by atoms with E-state index in [1.54, 1.807) is 13.8 Å². The summed E-state index contributed by atoms with van der Waals surface area (Å²) in [5.41, 5.74) is 0. The Morgan fingerprint density at radius 3 is 2.21 bits per heavy atom. The van der Waals surface area contributed by atoms with Crippen LogP contribution in [-0.2, 0) is 9.59 Å². The highest BCUT2D eigenvalue weighted by atomic mass is 16.4. The number of carbonyl (C=O) groups is 3. The highest BCUT2D eigenvalue weighted by molar-refractivity contribution is 5.86. The average molecular weight is 273 g/mol. The maximum Gasteiger partial charge on any atom is 0.326 e. The Hall–Kier alpha value is -1.79. The maximum absolute atomic E-state index is 11.9. The van der Waals surface area contributed by atoms with Crippen LogP contribution in [0.4, 0.5) is 4.79 Å². The summed E-state index contributed by atoms with van der Waals surface area (Å²) >= 11 is 0. The number of hydrogen-bond donors (Lipinski definition) is 3. The lowest BCUT2D eigenvalue weighted by Gasteiger charge is -2.25. The van der Waals surface area contributed by atoms with Crippen LogP contribution in [-0.4, -0.2) is 54.1 Å². The van der Waals surface area contributed by atoms with E-state index in [1.165, 1.54) is 11.9 Å². The van der Waals surface area contributed by atoms with Gasteiger partial charge < -0.3 is 20.6 Å². The van der Waals surface area contributed by atoms with Crippen molar-refractivity contribution in [1.29, 1.82) is 0 Å². The fraction of sp³-hybridized carbons (Fsp3) is 0.750. The van der Waals surface area contributed by atoms with Crippen LogP contribution in [0.1, 0.15) is 27.2 Å². The van der Waals surface area contributed by atoms with Gasteiger partial charge in [0.25, 0.3) is 0 Å². The van der Waals surface area contributed by atoms with Gasteiger partial charge in [-0.15, -0.1) is 0 Å². The van der Waals surface area contributed by atoms with E-state index in [-0.39, 0.29) is 18.4 Å². The van der Waals surface area contributed by atoms with Gasteiger partial charge in [-0.3, -0.25) is 4.79 Å². The predicted octanol–water partition coefficient (Wildman–Crippen LogP) is 0.263. The van der Waals surface area contributed by atoms with Gasteiger partial charge in [0.15, 0.2) is 0 Å². The molecule has 0 aliphatic rings. The van der Waals surface area contributed by atoms with Crippen molar-refractivity contribution in [1.82, 2.24) is 15.5 Å². The quantitative estimate of drug-likeness (QED) is 0.619. The predicted molar refractivity (Wildman–Crippen MR) is 70.7 cm³/mol. The molecule has 19 heavy (non-hydrogen) atoms. The van der Waals surface area contributed by atoms with E-state index in [4.69, 9.17) is 5.11 Å². The Labute approximate surface area is 113 Å². The zero-order valence-electron chi connectivity index (χ0n) is 11.9. The maximum atomic E-state index is 11.9. The summed E-state index contributed by atoms with van der Waals surface area (Å²) in [6.07, 6.45) is 0.638. The Morgan fingerprint density at radius 1 is 1.26 bits per heavy atom. The average Bonchev–Trinajstić information content (AvgIpc) is 2.40. The van der Waals surface area contributed by atoms with E-state index >= 15 is 0 Å². The van der Waals surface area contributed by atoms with Crippen LogP contribution in [0.3, 0.4) is 0 Å². The highest BCUT2D eigenvalue weighted by Crippen LogP contribution is 2.08. The Morgan fingerprint density at radius 2 is 1.84 bits per heavy atom. The zero-order chi connectivity index (χ0) is 15.0. The SMILES string of the molecule is CC[C@H](C)[C@H](NC(=O)N(CC)CC(=O)NC)C(=O)O. The molecule has 7 nitrogen and oxygen atoms in total. The molecule has 0 unspecified atom stereocenters. The molecule has 0 rings (SSSR count). The number of hydrogen-bond acceptors (Lipinski definition) is 3. The smallest absolute Gasteiger partial charge is 0.326 e. The van der Waals surface area contributed by atoms with Crippen molar-refractivity contribution in [3.63, 3.8) is 0 Å². The molecule has 0 saturated heterocycles. The molecule has 0 spiro atoms. The summed E-state index contributed by atoms with van der Waals surface area (Å²) in [6, 6.07) is -1.49. The zero-order valence-corrected chi connectivity index (χ0v) is 11.9. The summed E-state index contributed by atoms with van der Waals surface area (Å²) in [5.74, 6) is -1.55. The van der Waals surface area contributed by atoms with E-state index in [2.05, 4.69) is 10.6 Å². The fourth-order valence-corrected chi connectivity index (χ4v) is 1.49. The first kappa shape index (κ1) is 17.2. The van der Waals surface area contributed by atoms with Gasteiger partial charge in [0.2, 0.25) is 5.91 Å². The molecule has 0 aromatic carbocycles. The minimum absolute atomic E-state index is 0.0916. The van der Waals surface area contributed by atoms with E-state index in [0.29, 0.717) is 13.0 Å². The summed E-state index contributed by atoms with van der Waals surface area (Å²) in [7, 11) is 1.48. The molecule has 110 valence electrons. The Kier molecular flexibility index (Phi) is 7.55. The van der Waals surface area contributed by atoms with Gasteiger partial charge >= 0.3 is 12.0 Å². The number of carboxylic acid groups (broad SMARTS) is 1. The van der Waals surface area contributed by atoms with Crippen molar-refractivity contribution in [2.24, 2.45) is 5.92 Å². The first-order valence-electron chi connectivity index (χ1n) is 6.36. The number of rotatable bonds is 7. The minimum Gasteiger partial charge on any atom is -0.480 e. The van der Waals surface area contributed by atoms with Gasteiger partial charge in [-0.05, 0) is 12.8 Å². The van der Waals surface area contributed by atoms with Crippen LogP contribution in [0.5, 0.6) is 0 Å². The van der Waals surface area contributed by atoms with Crippen LogP contribution in [0.2, 0.25) is 0 Å². The molecule has 0 aliphatic heterocycles. The molecule has 0 aliphatic carbocycles. The standard InChI is InChI=1S/C12H23N3O4/c1-5-8(3)10(11(17)18)14-12(19)15(6-2)7-9(16)13-4/h8,10H,5-7H2,1-4H3,(H,13,16)(H,14,19)(H,17,18)/t8-,10-/m0/s1. The van der Waals surface area contributed by atoms with Crippen LogP contribution in [0.25, 0.3) is 0 Å². The molecular formula is C12H23N3O4. The number of carboxylic acids is 1. The molecule has 0 aromatic rings. The molecule has 0 fully saturated rings. The van der Waals surface area contributed by atoms with Gasteiger partial charge in [0.1, 0.15) is 12.6 Å². The topological polar surface area (TPSA) is 98.7 Å². The van der Waals surface area contributed by atoms with Crippen molar-refractivity contribution in [2.75, 3.05) is 20.1 Å². The van der Waals surface area contributed by atoms with E-state index in [0.717, 1.165) is 0 Å². The van der Waals surface area contributed by atoms with Gasteiger partial charge in [0.05, 0.1) is 0 Å². The molecule has 3 amide bonds. The van der Waals surface area contributed by atoms with E-state index in [1.807, 2.05) is 6.92 Å². The molecule has 7 heteroatoms. The second-order valence-electron chi connectivity index (χ2n) is 4.34. The highest BCUT2D eigenvalue weighted by Gasteiger charge is 2.27. The molecule has 0 bridgehead atoms. The van der Waals surface area contributed by atoms with Crippen LogP contribution < -0.4 is 10.6 Å². The van der Waals surface area contributed by atoms with Crippen molar-refractivity contribution in [3.05, 3.63) is 0 Å². The largest absolute Gasteiger partial charge is 0.480 e. The summed E-state index contributed by atoms with van der Waals surface area (Å²) in [5, 5.41) is 14.0. The van der Waals surface area contributed by atoms with E-state index < -0.39 is 18.0 Å². The number of amides is 3. The summed E-state index contributed by atoms with van der Waals surface area (Å²) < 4.78 is 0. The number of likely N-dealkylation sites (N-methyl/N-ethyl adjacent to an activating group) is 2.